The molecular weight excluding hydrogens is 338 g/mol. The van der Waals surface area contributed by atoms with Crippen LogP contribution in [0.15, 0.2) is 48.5 Å². The van der Waals surface area contributed by atoms with Crippen molar-refractivity contribution in [3.8, 4) is 0 Å². The molecule has 9 heteroatoms. The Morgan fingerprint density at radius 2 is 1.73 bits per heavy atom. The van der Waals surface area contributed by atoms with E-state index in [9.17, 15) is 19.7 Å². The van der Waals surface area contributed by atoms with Crippen molar-refractivity contribution in [2.24, 2.45) is 0 Å². The second-order valence-electron chi connectivity index (χ2n) is 5.28. The maximum absolute atomic E-state index is 12.0. The summed E-state index contributed by atoms with van der Waals surface area (Å²) in [7, 11) is 1.50. The van der Waals surface area contributed by atoms with Gasteiger partial charge < -0.3 is 21.3 Å². The molecule has 3 amide bonds. The molecular formula is C17H19N5O4. The lowest BCUT2D eigenvalue weighted by atomic mass is 10.2. The fourth-order valence-corrected chi connectivity index (χ4v) is 2.18. The summed E-state index contributed by atoms with van der Waals surface area (Å²) in [4.78, 5) is 33.8. The quantitative estimate of drug-likeness (QED) is 0.448. The summed E-state index contributed by atoms with van der Waals surface area (Å²) in [6, 6.07) is 12.6. The summed E-state index contributed by atoms with van der Waals surface area (Å²) < 4.78 is 0. The lowest BCUT2D eigenvalue weighted by Crippen LogP contribution is -2.24. The first kappa shape index (κ1) is 18.7. The van der Waals surface area contributed by atoms with E-state index in [1.54, 1.807) is 42.5 Å². The first-order chi connectivity index (χ1) is 12.5. The third-order valence-corrected chi connectivity index (χ3v) is 3.40. The highest BCUT2D eigenvalue weighted by molar-refractivity contribution is 5.93. The van der Waals surface area contributed by atoms with E-state index in [0.29, 0.717) is 17.1 Å². The van der Waals surface area contributed by atoms with Gasteiger partial charge in [-0.25, -0.2) is 4.79 Å². The number of rotatable bonds is 7. The fourth-order valence-electron chi connectivity index (χ4n) is 2.18. The number of nitrogens with zero attached hydrogens (tertiary/aromatic N) is 1. The molecule has 0 aromatic heterocycles. The van der Waals surface area contributed by atoms with E-state index >= 15 is 0 Å². The number of hydrogen-bond acceptors (Lipinski definition) is 5. The molecule has 0 aliphatic rings. The zero-order valence-corrected chi connectivity index (χ0v) is 14.1. The summed E-state index contributed by atoms with van der Waals surface area (Å²) >= 11 is 0. The van der Waals surface area contributed by atoms with Crippen LogP contribution in [0.3, 0.4) is 0 Å². The number of nitrogens with one attached hydrogen (secondary N) is 4. The summed E-state index contributed by atoms with van der Waals surface area (Å²) in [5.74, 6) is -0.256. The molecule has 136 valence electrons. The number of para-hydroxylation sites is 2. The van der Waals surface area contributed by atoms with Crippen molar-refractivity contribution in [1.29, 1.82) is 0 Å². The monoisotopic (exact) mass is 357 g/mol. The molecule has 0 bridgehead atoms. The fraction of sp³-hybridized carbons (Fsp3) is 0.176. The lowest BCUT2D eigenvalue weighted by Gasteiger charge is -2.09. The highest BCUT2D eigenvalue weighted by Gasteiger charge is 2.12. The van der Waals surface area contributed by atoms with Crippen LogP contribution in [-0.2, 0) is 4.79 Å². The van der Waals surface area contributed by atoms with Gasteiger partial charge in [0.05, 0.1) is 4.92 Å². The highest BCUT2D eigenvalue weighted by atomic mass is 16.6. The number of amides is 3. The number of anilines is 3. The molecule has 0 atom stereocenters. The Bertz CT molecular complexity index is 809. The molecule has 4 N–H and O–H groups in total. The van der Waals surface area contributed by atoms with E-state index in [1.807, 2.05) is 0 Å². The van der Waals surface area contributed by atoms with Gasteiger partial charge in [0.1, 0.15) is 5.69 Å². The molecule has 26 heavy (non-hydrogen) atoms. The minimum absolute atomic E-state index is 0.0408. The maximum Gasteiger partial charge on any atom is 0.318 e. The summed E-state index contributed by atoms with van der Waals surface area (Å²) in [6.45, 7) is 0.243. The number of urea groups is 1. The third-order valence-electron chi connectivity index (χ3n) is 3.40. The van der Waals surface area contributed by atoms with Crippen molar-refractivity contribution in [2.45, 2.75) is 6.42 Å². The SMILES string of the molecule is CNC(=O)Nc1cccc(NC(=O)CCNc2ccccc2[N+](=O)[O-])c1. The lowest BCUT2D eigenvalue weighted by molar-refractivity contribution is -0.384. The van der Waals surface area contributed by atoms with Crippen molar-refractivity contribution in [3.63, 3.8) is 0 Å². The smallest absolute Gasteiger partial charge is 0.318 e. The average molecular weight is 357 g/mol. The van der Waals surface area contributed by atoms with Gasteiger partial charge in [0.25, 0.3) is 5.69 Å². The number of hydrogen-bond donors (Lipinski definition) is 4. The minimum Gasteiger partial charge on any atom is -0.379 e. The van der Waals surface area contributed by atoms with E-state index in [2.05, 4.69) is 21.3 Å². The summed E-state index contributed by atoms with van der Waals surface area (Å²) in [6.07, 6.45) is 0.124. The van der Waals surface area contributed by atoms with Gasteiger partial charge in [-0.1, -0.05) is 18.2 Å². The van der Waals surface area contributed by atoms with E-state index in [0.717, 1.165) is 0 Å². The number of carbonyl (C=O) groups is 2. The maximum atomic E-state index is 12.0. The van der Waals surface area contributed by atoms with Gasteiger partial charge in [-0.15, -0.1) is 0 Å². The van der Waals surface area contributed by atoms with Gasteiger partial charge in [0.2, 0.25) is 5.91 Å². The first-order valence-electron chi connectivity index (χ1n) is 7.85. The van der Waals surface area contributed by atoms with Crippen LogP contribution in [-0.4, -0.2) is 30.5 Å². The molecule has 0 saturated carbocycles. The van der Waals surface area contributed by atoms with Crippen molar-refractivity contribution in [1.82, 2.24) is 5.32 Å². The molecule has 2 rings (SSSR count). The van der Waals surface area contributed by atoms with Crippen LogP contribution in [0, 0.1) is 10.1 Å². The van der Waals surface area contributed by atoms with Crippen LogP contribution in [0.2, 0.25) is 0 Å². The van der Waals surface area contributed by atoms with E-state index in [-0.39, 0.29) is 30.6 Å². The largest absolute Gasteiger partial charge is 0.379 e. The normalized spacial score (nSPS) is 9.88. The van der Waals surface area contributed by atoms with Crippen LogP contribution in [0.4, 0.5) is 27.5 Å². The Hall–Kier alpha value is -3.62. The van der Waals surface area contributed by atoms with Crippen LogP contribution in [0.1, 0.15) is 6.42 Å². The van der Waals surface area contributed by atoms with Crippen molar-refractivity contribution >= 4 is 34.7 Å². The molecule has 0 aliphatic carbocycles. The van der Waals surface area contributed by atoms with Gasteiger partial charge in [0.15, 0.2) is 0 Å². The number of benzene rings is 2. The zero-order valence-electron chi connectivity index (χ0n) is 14.1. The van der Waals surface area contributed by atoms with Crippen LogP contribution >= 0.6 is 0 Å². The standard InChI is InChI=1S/C17H19N5O4/c1-18-17(24)21-13-6-4-5-12(11-13)20-16(23)9-10-19-14-7-2-3-8-15(14)22(25)26/h2-8,11,19H,9-10H2,1H3,(H,20,23)(H2,18,21,24). The molecule has 9 nitrogen and oxygen atoms in total. The predicted octanol–water partition coefficient (Wildman–Crippen LogP) is 2.79. The third kappa shape index (κ3) is 5.48. The minimum atomic E-state index is -0.479. The Balaban J connectivity index is 1.87. The van der Waals surface area contributed by atoms with Gasteiger partial charge in [-0.2, -0.15) is 0 Å². The van der Waals surface area contributed by atoms with Crippen LogP contribution < -0.4 is 21.3 Å². The van der Waals surface area contributed by atoms with Gasteiger partial charge in [-0.05, 0) is 24.3 Å². The molecule has 0 fully saturated rings. The van der Waals surface area contributed by atoms with Crippen molar-refractivity contribution < 1.29 is 14.5 Å². The van der Waals surface area contributed by atoms with Gasteiger partial charge >= 0.3 is 6.03 Å². The molecule has 2 aromatic rings. The Morgan fingerprint density at radius 3 is 2.42 bits per heavy atom. The molecule has 0 spiro atoms. The molecule has 0 radical (unpaired) electrons. The Kier molecular flexibility index (Phi) is 6.49. The summed E-state index contributed by atoms with van der Waals surface area (Å²) in [5.41, 5.74) is 1.40. The second kappa shape index (κ2) is 9.02. The molecule has 0 saturated heterocycles. The predicted molar refractivity (Wildman–Crippen MR) is 99.4 cm³/mol. The second-order valence-corrected chi connectivity index (χ2v) is 5.28. The van der Waals surface area contributed by atoms with Crippen LogP contribution in [0.5, 0.6) is 0 Å². The summed E-state index contributed by atoms with van der Waals surface area (Å²) in [5, 5.41) is 21.6. The molecule has 0 aliphatic heterocycles. The number of nitro benzene ring substituents is 1. The topological polar surface area (TPSA) is 125 Å². The van der Waals surface area contributed by atoms with Crippen molar-refractivity contribution in [2.75, 3.05) is 29.5 Å². The van der Waals surface area contributed by atoms with E-state index < -0.39 is 4.92 Å². The zero-order chi connectivity index (χ0) is 18.9. The number of carbonyl (C=O) groups excluding carboxylic acids is 2. The van der Waals surface area contributed by atoms with Gasteiger partial charge in [0, 0.05) is 37.5 Å². The van der Waals surface area contributed by atoms with E-state index in [1.165, 1.54) is 13.1 Å². The van der Waals surface area contributed by atoms with Gasteiger partial charge in [-0.3, -0.25) is 14.9 Å². The Morgan fingerprint density at radius 1 is 1.04 bits per heavy atom. The molecule has 2 aromatic carbocycles. The number of nitro groups is 1. The average Bonchev–Trinajstić information content (AvgIpc) is 2.62. The Labute approximate surface area is 149 Å². The highest BCUT2D eigenvalue weighted by Crippen LogP contribution is 2.23. The van der Waals surface area contributed by atoms with E-state index in [4.69, 9.17) is 0 Å². The first-order valence-corrected chi connectivity index (χ1v) is 7.85. The molecule has 0 unspecified atom stereocenters. The van der Waals surface area contributed by atoms with Crippen LogP contribution in [0.25, 0.3) is 0 Å². The molecule has 0 heterocycles. The van der Waals surface area contributed by atoms with Crippen molar-refractivity contribution in [3.05, 3.63) is 58.6 Å².